The molecule has 0 saturated carbocycles. The van der Waals surface area contributed by atoms with Gasteiger partial charge in [-0.2, -0.15) is 0 Å². The van der Waals surface area contributed by atoms with Gasteiger partial charge < -0.3 is 0 Å². The molecule has 1 atom stereocenters. The number of benzene rings is 4. The Morgan fingerprint density at radius 3 is 1.93 bits per heavy atom. The van der Waals surface area contributed by atoms with Gasteiger partial charge in [-0.3, -0.25) is 0 Å². The van der Waals surface area contributed by atoms with Gasteiger partial charge >= 0.3 is 252 Å². The van der Waals surface area contributed by atoms with Crippen LogP contribution in [0.3, 0.4) is 0 Å². The first-order valence-corrected chi connectivity index (χ1v) is 21.7. The Morgan fingerprint density at radius 1 is 0.786 bits per heavy atom. The Morgan fingerprint density at radius 2 is 1.36 bits per heavy atom. The summed E-state index contributed by atoms with van der Waals surface area (Å²) in [5, 5.41) is 1.49. The molecule has 0 radical (unpaired) electrons. The molecule has 6 rings (SSSR count). The predicted octanol–water partition coefficient (Wildman–Crippen LogP) is 9.70. The minimum absolute atomic E-state index is 0. The quantitative estimate of drug-likeness (QED) is 0.170. The Labute approximate surface area is 274 Å². The standard InChI is InChI=1S/C13H9.C11H17.2C6H4Cl.CH2.2ClH.Zr/c1-3-7-12-10(5-1)9-11-6-2-4-8-13(11)12;1-5-9-6-7-10(8-9)11(2,3)4;2*7-6-4-2-1-3-5-6;;;;/h1-5,7-8H,9H2;7-9H,5H2,1-4H3;2*1-2,4-5H;1H2;2*1H;. The maximum absolute atomic E-state index is 6.83. The first-order chi connectivity index (χ1) is 19.1. The van der Waals surface area contributed by atoms with Gasteiger partial charge in [0.15, 0.2) is 0 Å². The fraction of sp³-hybridized carbons (Fsp3) is 0.216. The fourth-order valence-electron chi connectivity index (χ4n) is 7.31. The van der Waals surface area contributed by atoms with Crippen molar-refractivity contribution in [3.63, 3.8) is 0 Å². The summed E-state index contributed by atoms with van der Waals surface area (Å²) in [6.45, 7) is 9.25. The molecule has 0 heterocycles. The van der Waals surface area contributed by atoms with Crippen LogP contribution in [-0.4, -0.2) is 4.21 Å². The van der Waals surface area contributed by atoms with E-state index in [1.54, 1.807) is 0 Å². The molecule has 2 aliphatic rings. The van der Waals surface area contributed by atoms with Crippen molar-refractivity contribution in [1.29, 1.82) is 0 Å². The summed E-state index contributed by atoms with van der Waals surface area (Å²) in [5.41, 5.74) is 6.87. The molecular formula is C37H38Cl4Zr. The molecule has 218 valence electrons. The molecule has 42 heavy (non-hydrogen) atoms. The number of rotatable bonds is 5. The summed E-state index contributed by atoms with van der Waals surface area (Å²) in [4.78, 5) is 0. The Balaban J connectivity index is 0.00000202. The van der Waals surface area contributed by atoms with Crippen LogP contribution in [0.25, 0.3) is 11.1 Å². The van der Waals surface area contributed by atoms with Gasteiger partial charge in [0, 0.05) is 0 Å². The second kappa shape index (κ2) is 12.0. The third kappa shape index (κ3) is 4.99. The van der Waals surface area contributed by atoms with Gasteiger partial charge in [0.2, 0.25) is 0 Å². The van der Waals surface area contributed by atoms with Crippen molar-refractivity contribution in [1.82, 2.24) is 0 Å². The summed E-state index contributed by atoms with van der Waals surface area (Å²) in [6, 6.07) is 32.9. The summed E-state index contributed by atoms with van der Waals surface area (Å²) >= 11 is 8.70. The molecule has 0 aliphatic heterocycles. The first-order valence-electron chi connectivity index (χ1n) is 14.3. The van der Waals surface area contributed by atoms with Crippen molar-refractivity contribution in [3.05, 3.63) is 133 Å². The molecule has 1 unspecified atom stereocenters. The zero-order valence-electron chi connectivity index (χ0n) is 24.6. The minimum atomic E-state index is -4.97. The van der Waals surface area contributed by atoms with E-state index in [-0.39, 0.29) is 36.1 Å². The molecule has 0 spiro atoms. The van der Waals surface area contributed by atoms with Crippen LogP contribution in [0.2, 0.25) is 10.0 Å². The molecule has 0 bridgehead atoms. The number of fused-ring (bicyclic) bond motifs is 3. The van der Waals surface area contributed by atoms with Gasteiger partial charge in [0.05, 0.1) is 0 Å². The van der Waals surface area contributed by atoms with Crippen molar-refractivity contribution in [2.75, 3.05) is 0 Å². The van der Waals surface area contributed by atoms with Crippen LogP contribution in [-0.2, 0) is 24.7 Å². The van der Waals surface area contributed by atoms with Crippen molar-refractivity contribution in [2.45, 2.75) is 40.5 Å². The number of hydrogen-bond donors (Lipinski definition) is 0. The molecule has 2 aliphatic carbocycles. The summed E-state index contributed by atoms with van der Waals surface area (Å²) in [5.74, 6) is 0.287. The van der Waals surface area contributed by atoms with Crippen LogP contribution in [0.4, 0.5) is 0 Å². The third-order valence-corrected chi connectivity index (χ3v) is 26.1. The van der Waals surface area contributed by atoms with E-state index >= 15 is 0 Å². The summed E-state index contributed by atoms with van der Waals surface area (Å²) in [7, 11) is 0. The van der Waals surface area contributed by atoms with Crippen molar-refractivity contribution in [3.8, 4) is 11.1 Å². The van der Waals surface area contributed by atoms with E-state index in [2.05, 4.69) is 119 Å². The fourth-order valence-corrected chi connectivity index (χ4v) is 24.7. The Bertz CT molecular complexity index is 1740. The number of hydrogen-bond acceptors (Lipinski definition) is 0. The topological polar surface area (TPSA) is 0 Å². The van der Waals surface area contributed by atoms with Crippen molar-refractivity contribution >= 4 is 62.0 Å². The van der Waals surface area contributed by atoms with Crippen LogP contribution < -0.4 is 9.81 Å². The Hall–Kier alpha value is -1.73. The van der Waals surface area contributed by atoms with Crippen molar-refractivity contribution in [2.24, 2.45) is 11.3 Å². The normalized spacial score (nSPS) is 16.0. The van der Waals surface area contributed by atoms with E-state index in [1.165, 1.54) is 40.9 Å². The Kier molecular flexibility index (Phi) is 9.47. The van der Waals surface area contributed by atoms with Crippen LogP contribution in [0.15, 0.2) is 112 Å². The average Bonchev–Trinajstić information content (AvgIpc) is 3.55. The van der Waals surface area contributed by atoms with E-state index in [9.17, 15) is 0 Å². The summed E-state index contributed by atoms with van der Waals surface area (Å²) in [6.07, 6.45) is 6.96. The SMILES string of the molecule is Cl.Cl.[CH2]=[Zr]([C]1=CC(C(C)(C)C)=CC1CC)([c]1cccc(Cl)c1)([c]1cccc(Cl)c1)[c]1cccc2c1Cc1ccccc1-2. The monoisotopic (exact) mass is 712 g/mol. The first kappa shape index (κ1) is 33.2. The number of halogens is 4. The van der Waals surface area contributed by atoms with Gasteiger partial charge in [-0.1, -0.05) is 0 Å². The van der Waals surface area contributed by atoms with Gasteiger partial charge in [-0.25, -0.2) is 0 Å². The average molecular weight is 716 g/mol. The molecule has 0 amide bonds. The molecule has 0 saturated heterocycles. The van der Waals surface area contributed by atoms with Gasteiger partial charge in [0.1, 0.15) is 0 Å². The van der Waals surface area contributed by atoms with Gasteiger partial charge in [-0.15, -0.1) is 24.8 Å². The predicted molar refractivity (Wildman–Crippen MR) is 188 cm³/mol. The maximum atomic E-state index is 6.83. The molecule has 4 aromatic carbocycles. The van der Waals surface area contributed by atoms with Crippen LogP contribution in [0.1, 0.15) is 45.2 Å². The third-order valence-electron chi connectivity index (χ3n) is 9.40. The molecule has 0 nitrogen and oxygen atoms in total. The molecular weight excluding hydrogens is 677 g/mol. The molecule has 5 heteroatoms. The van der Waals surface area contributed by atoms with Crippen LogP contribution in [0.5, 0.6) is 0 Å². The van der Waals surface area contributed by atoms with Gasteiger partial charge in [-0.05, 0) is 0 Å². The summed E-state index contributed by atoms with van der Waals surface area (Å²) < 4.78 is 11.0. The second-order valence-electron chi connectivity index (χ2n) is 12.6. The van der Waals surface area contributed by atoms with E-state index in [0.717, 1.165) is 22.9 Å². The van der Waals surface area contributed by atoms with E-state index < -0.39 is 18.3 Å². The van der Waals surface area contributed by atoms with E-state index in [4.69, 9.17) is 27.4 Å². The van der Waals surface area contributed by atoms with Crippen molar-refractivity contribution < 1.29 is 18.3 Å². The zero-order chi connectivity index (χ0) is 28.3. The second-order valence-corrected chi connectivity index (χ2v) is 26.2. The molecule has 0 aromatic heterocycles. The molecule has 0 fully saturated rings. The molecule has 0 N–H and O–H groups in total. The van der Waals surface area contributed by atoms with Gasteiger partial charge in [0.25, 0.3) is 0 Å². The molecule has 4 aromatic rings. The van der Waals surface area contributed by atoms with E-state index in [0.29, 0.717) is 0 Å². The van der Waals surface area contributed by atoms with Crippen LogP contribution in [0, 0.1) is 11.3 Å². The number of allylic oxidation sites excluding steroid dienone is 4. The van der Waals surface area contributed by atoms with Crippen LogP contribution >= 0.6 is 48.0 Å². The zero-order valence-corrected chi connectivity index (χ0v) is 30.2. The van der Waals surface area contributed by atoms with E-state index in [1.807, 2.05) is 12.1 Å².